The van der Waals surface area contributed by atoms with E-state index in [1.807, 2.05) is 54.6 Å². The quantitative estimate of drug-likeness (QED) is 0.600. The van der Waals surface area contributed by atoms with E-state index < -0.39 is 0 Å². The highest BCUT2D eigenvalue weighted by molar-refractivity contribution is 5.92. The van der Waals surface area contributed by atoms with E-state index in [-0.39, 0.29) is 12.5 Å². The number of para-hydroxylation sites is 2. The summed E-state index contributed by atoms with van der Waals surface area (Å²) >= 11 is 0. The van der Waals surface area contributed by atoms with Crippen LogP contribution < -0.4 is 10.1 Å². The van der Waals surface area contributed by atoms with Crippen molar-refractivity contribution in [2.75, 3.05) is 5.32 Å². The molecule has 7 nitrogen and oxygen atoms in total. The number of hydrogen-bond acceptors (Lipinski definition) is 5. The minimum Gasteiger partial charge on any atom is -0.437 e. The Hall–Kier alpha value is -3.74. The van der Waals surface area contributed by atoms with Gasteiger partial charge in [0.05, 0.1) is 5.52 Å². The average molecular weight is 345 g/mol. The van der Waals surface area contributed by atoms with Crippen molar-refractivity contribution < 1.29 is 9.53 Å². The maximum absolute atomic E-state index is 12.4. The molecule has 4 rings (SSSR count). The standard InChI is InChI=1S/C19H15N5O2/c25-18(13-24-17-11-5-4-9-15(17)22-23-24)21-16-10-6-12-20-19(16)26-14-7-2-1-3-8-14/h1-12H,13H2,(H,21,25). The third-order valence-corrected chi connectivity index (χ3v) is 3.72. The summed E-state index contributed by atoms with van der Waals surface area (Å²) in [5.41, 5.74) is 2.04. The zero-order chi connectivity index (χ0) is 17.8. The van der Waals surface area contributed by atoms with Crippen LogP contribution in [0.2, 0.25) is 0 Å². The molecule has 0 aliphatic heterocycles. The molecular weight excluding hydrogens is 330 g/mol. The first-order chi connectivity index (χ1) is 12.8. The summed E-state index contributed by atoms with van der Waals surface area (Å²) in [6.07, 6.45) is 1.61. The molecule has 26 heavy (non-hydrogen) atoms. The molecule has 1 N–H and O–H groups in total. The Morgan fingerprint density at radius 2 is 1.81 bits per heavy atom. The summed E-state index contributed by atoms with van der Waals surface area (Å²) in [7, 11) is 0. The van der Waals surface area contributed by atoms with Crippen LogP contribution in [0.1, 0.15) is 0 Å². The number of amides is 1. The molecular formula is C19H15N5O2. The lowest BCUT2D eigenvalue weighted by Gasteiger charge is -2.11. The van der Waals surface area contributed by atoms with Crippen molar-refractivity contribution in [3.63, 3.8) is 0 Å². The summed E-state index contributed by atoms with van der Waals surface area (Å²) in [6.45, 7) is 0.0418. The smallest absolute Gasteiger partial charge is 0.246 e. The molecule has 0 radical (unpaired) electrons. The van der Waals surface area contributed by atoms with E-state index >= 15 is 0 Å². The van der Waals surface area contributed by atoms with Gasteiger partial charge >= 0.3 is 0 Å². The van der Waals surface area contributed by atoms with Crippen LogP contribution in [0.25, 0.3) is 11.0 Å². The SMILES string of the molecule is O=C(Cn1nnc2ccccc21)Nc1cccnc1Oc1ccccc1. The highest BCUT2D eigenvalue weighted by Gasteiger charge is 2.12. The van der Waals surface area contributed by atoms with Crippen molar-refractivity contribution in [1.82, 2.24) is 20.0 Å². The van der Waals surface area contributed by atoms with Gasteiger partial charge in [-0.2, -0.15) is 0 Å². The zero-order valence-electron chi connectivity index (χ0n) is 13.7. The van der Waals surface area contributed by atoms with Gasteiger partial charge in [0.2, 0.25) is 11.8 Å². The lowest BCUT2D eigenvalue weighted by molar-refractivity contribution is -0.116. The average Bonchev–Trinajstić information content (AvgIpc) is 3.07. The van der Waals surface area contributed by atoms with E-state index in [1.54, 1.807) is 23.0 Å². The van der Waals surface area contributed by atoms with Crippen LogP contribution in [0.3, 0.4) is 0 Å². The third-order valence-electron chi connectivity index (χ3n) is 3.72. The Morgan fingerprint density at radius 1 is 1.00 bits per heavy atom. The molecule has 0 spiro atoms. The Balaban J connectivity index is 1.51. The van der Waals surface area contributed by atoms with Crippen molar-refractivity contribution in [1.29, 1.82) is 0 Å². The van der Waals surface area contributed by atoms with Gasteiger partial charge in [-0.3, -0.25) is 4.79 Å². The Labute approximate surface area is 149 Å². The predicted molar refractivity (Wildman–Crippen MR) is 96.9 cm³/mol. The van der Waals surface area contributed by atoms with Crippen LogP contribution in [-0.4, -0.2) is 25.9 Å². The fourth-order valence-corrected chi connectivity index (χ4v) is 2.53. The normalized spacial score (nSPS) is 10.6. The first-order valence-corrected chi connectivity index (χ1v) is 8.05. The van der Waals surface area contributed by atoms with Crippen molar-refractivity contribution in [3.05, 3.63) is 72.9 Å². The molecule has 0 atom stereocenters. The molecule has 2 aromatic heterocycles. The molecule has 2 aromatic carbocycles. The van der Waals surface area contributed by atoms with E-state index in [2.05, 4.69) is 20.6 Å². The monoisotopic (exact) mass is 345 g/mol. The molecule has 4 aromatic rings. The van der Waals surface area contributed by atoms with Crippen LogP contribution in [0.15, 0.2) is 72.9 Å². The maximum Gasteiger partial charge on any atom is 0.246 e. The highest BCUT2D eigenvalue weighted by Crippen LogP contribution is 2.26. The van der Waals surface area contributed by atoms with E-state index in [1.165, 1.54) is 0 Å². The van der Waals surface area contributed by atoms with Gasteiger partial charge in [0.1, 0.15) is 23.5 Å². The number of pyridine rings is 1. The summed E-state index contributed by atoms with van der Waals surface area (Å²) in [6, 6.07) is 20.2. The van der Waals surface area contributed by atoms with Gasteiger partial charge in [-0.25, -0.2) is 9.67 Å². The number of ether oxygens (including phenoxy) is 1. The molecule has 128 valence electrons. The van der Waals surface area contributed by atoms with Crippen molar-refractivity contribution in [2.24, 2.45) is 0 Å². The second-order valence-corrected chi connectivity index (χ2v) is 5.56. The van der Waals surface area contributed by atoms with Gasteiger partial charge in [0, 0.05) is 6.20 Å². The second-order valence-electron chi connectivity index (χ2n) is 5.56. The molecule has 0 fully saturated rings. The number of hydrogen-bond donors (Lipinski definition) is 1. The number of carbonyl (C=O) groups is 1. The van der Waals surface area contributed by atoms with Crippen molar-refractivity contribution >= 4 is 22.6 Å². The first kappa shape index (κ1) is 15.8. The third kappa shape index (κ3) is 3.36. The number of aromatic nitrogens is 4. The molecule has 0 bridgehead atoms. The topological polar surface area (TPSA) is 81.9 Å². The van der Waals surface area contributed by atoms with Crippen LogP contribution in [0.5, 0.6) is 11.6 Å². The lowest BCUT2D eigenvalue weighted by Crippen LogP contribution is -2.20. The van der Waals surface area contributed by atoms with Crippen molar-refractivity contribution in [3.8, 4) is 11.6 Å². The predicted octanol–water partition coefficient (Wildman–Crippen LogP) is 3.26. The fourth-order valence-electron chi connectivity index (χ4n) is 2.53. The van der Waals surface area contributed by atoms with Gasteiger partial charge in [-0.1, -0.05) is 35.5 Å². The first-order valence-electron chi connectivity index (χ1n) is 8.05. The van der Waals surface area contributed by atoms with Gasteiger partial charge < -0.3 is 10.1 Å². The van der Waals surface area contributed by atoms with E-state index in [0.717, 1.165) is 11.0 Å². The maximum atomic E-state index is 12.4. The lowest BCUT2D eigenvalue weighted by atomic mass is 10.3. The number of anilines is 1. The summed E-state index contributed by atoms with van der Waals surface area (Å²) in [4.78, 5) is 16.6. The molecule has 0 saturated heterocycles. The van der Waals surface area contributed by atoms with Crippen LogP contribution in [0, 0.1) is 0 Å². The number of nitrogens with one attached hydrogen (secondary N) is 1. The molecule has 0 unspecified atom stereocenters. The molecule has 7 heteroatoms. The van der Waals surface area contributed by atoms with E-state index in [4.69, 9.17) is 4.74 Å². The van der Waals surface area contributed by atoms with E-state index in [9.17, 15) is 4.79 Å². The van der Waals surface area contributed by atoms with Crippen LogP contribution in [-0.2, 0) is 11.3 Å². The Bertz CT molecular complexity index is 1050. The summed E-state index contributed by atoms with van der Waals surface area (Å²) in [5.74, 6) is 0.728. The number of rotatable bonds is 5. The second kappa shape index (κ2) is 7.02. The van der Waals surface area contributed by atoms with Gasteiger partial charge in [-0.05, 0) is 36.4 Å². The molecule has 0 aliphatic rings. The molecule has 0 aliphatic carbocycles. The highest BCUT2D eigenvalue weighted by atomic mass is 16.5. The van der Waals surface area contributed by atoms with Gasteiger partial charge in [0.25, 0.3) is 0 Å². The Kier molecular flexibility index (Phi) is 4.26. The number of benzene rings is 2. The number of nitrogens with zero attached hydrogens (tertiary/aromatic N) is 4. The van der Waals surface area contributed by atoms with Gasteiger partial charge in [0.15, 0.2) is 0 Å². The van der Waals surface area contributed by atoms with Crippen LogP contribution >= 0.6 is 0 Å². The zero-order valence-corrected chi connectivity index (χ0v) is 13.7. The van der Waals surface area contributed by atoms with Gasteiger partial charge in [-0.15, -0.1) is 5.10 Å². The van der Waals surface area contributed by atoms with Crippen molar-refractivity contribution in [2.45, 2.75) is 6.54 Å². The fraction of sp³-hybridized carbons (Fsp3) is 0.0526. The molecule has 1 amide bonds. The van der Waals surface area contributed by atoms with Crippen LogP contribution in [0.4, 0.5) is 5.69 Å². The van der Waals surface area contributed by atoms with E-state index in [0.29, 0.717) is 17.3 Å². The Morgan fingerprint density at radius 3 is 2.69 bits per heavy atom. The molecule has 2 heterocycles. The summed E-state index contributed by atoms with van der Waals surface area (Å²) < 4.78 is 7.31. The molecule has 0 saturated carbocycles. The minimum atomic E-state index is -0.244. The largest absolute Gasteiger partial charge is 0.437 e. The number of fused-ring (bicyclic) bond motifs is 1. The minimum absolute atomic E-state index is 0.0418. The number of carbonyl (C=O) groups excluding carboxylic acids is 1. The summed E-state index contributed by atoms with van der Waals surface area (Å²) in [5, 5.41) is 10.9.